The zero-order valence-electron chi connectivity index (χ0n) is 9.19. The van der Waals surface area contributed by atoms with Crippen molar-refractivity contribution in [2.75, 3.05) is 16.8 Å². The molecule has 0 aliphatic carbocycles. The van der Waals surface area contributed by atoms with Crippen LogP contribution in [0.25, 0.3) is 0 Å². The number of imide groups is 1. The van der Waals surface area contributed by atoms with Crippen molar-refractivity contribution < 1.29 is 9.59 Å². The normalized spacial score (nSPS) is 19.9. The summed E-state index contributed by atoms with van der Waals surface area (Å²) >= 11 is 0. The molecule has 1 aliphatic heterocycles. The number of carbonyl (C=O) groups excluding carboxylic acids is 2. The van der Waals surface area contributed by atoms with Gasteiger partial charge in [-0.15, -0.1) is 0 Å². The number of nitrogens with one attached hydrogen (secondary N) is 2. The first-order valence-corrected chi connectivity index (χ1v) is 5.31. The molecular formula is C11H14N4O2. The summed E-state index contributed by atoms with van der Waals surface area (Å²) in [5, 5.41) is 5.30. The Hall–Kier alpha value is -2.24. The second-order valence-electron chi connectivity index (χ2n) is 3.99. The van der Waals surface area contributed by atoms with Gasteiger partial charge in [0.25, 0.3) is 0 Å². The molecule has 0 radical (unpaired) electrons. The van der Waals surface area contributed by atoms with E-state index in [1.165, 1.54) is 0 Å². The molecule has 1 aromatic rings. The third-order valence-corrected chi connectivity index (χ3v) is 2.67. The predicted molar refractivity (Wildman–Crippen MR) is 65.1 cm³/mol. The molecule has 6 nitrogen and oxygen atoms in total. The number of amides is 2. The van der Waals surface area contributed by atoms with Gasteiger partial charge in [0.15, 0.2) is 0 Å². The number of anilines is 3. The van der Waals surface area contributed by atoms with E-state index in [0.29, 0.717) is 29.9 Å². The number of carbonyl (C=O) groups is 2. The maximum Gasteiger partial charge on any atom is 0.249 e. The Morgan fingerprint density at radius 3 is 2.65 bits per heavy atom. The maximum atomic E-state index is 11.5. The van der Waals surface area contributed by atoms with Crippen LogP contribution in [0.1, 0.15) is 12.8 Å². The number of benzene rings is 1. The number of hydrogen-bond donors (Lipinski definition) is 4. The summed E-state index contributed by atoms with van der Waals surface area (Å²) in [6.45, 7) is 0. The molecule has 0 aromatic heterocycles. The van der Waals surface area contributed by atoms with Crippen LogP contribution in [0.5, 0.6) is 0 Å². The number of nitrogen functional groups attached to an aromatic ring is 2. The molecule has 2 amide bonds. The molecule has 0 saturated carbocycles. The minimum atomic E-state index is -0.407. The van der Waals surface area contributed by atoms with E-state index in [4.69, 9.17) is 11.5 Å². The summed E-state index contributed by atoms with van der Waals surface area (Å²) in [6, 6.07) is 4.67. The van der Waals surface area contributed by atoms with Crippen LogP contribution in [0.4, 0.5) is 17.1 Å². The first-order valence-electron chi connectivity index (χ1n) is 5.31. The van der Waals surface area contributed by atoms with Crippen LogP contribution in [0, 0.1) is 0 Å². The minimum absolute atomic E-state index is 0.232. The van der Waals surface area contributed by atoms with Crippen LogP contribution < -0.4 is 22.1 Å². The van der Waals surface area contributed by atoms with E-state index in [1.807, 2.05) is 0 Å². The third-order valence-electron chi connectivity index (χ3n) is 2.67. The minimum Gasteiger partial charge on any atom is -0.397 e. The Balaban J connectivity index is 2.08. The fourth-order valence-corrected chi connectivity index (χ4v) is 1.70. The van der Waals surface area contributed by atoms with Gasteiger partial charge in [-0.05, 0) is 24.6 Å². The van der Waals surface area contributed by atoms with E-state index in [9.17, 15) is 9.59 Å². The van der Waals surface area contributed by atoms with E-state index in [1.54, 1.807) is 18.2 Å². The zero-order chi connectivity index (χ0) is 12.4. The molecule has 17 heavy (non-hydrogen) atoms. The molecule has 6 N–H and O–H groups in total. The van der Waals surface area contributed by atoms with Crippen molar-refractivity contribution >= 4 is 28.9 Å². The first-order chi connectivity index (χ1) is 8.06. The fraction of sp³-hybridized carbons (Fsp3) is 0.273. The SMILES string of the molecule is Nc1ccc(NC2CCC(=O)NC2=O)cc1N. The van der Waals surface area contributed by atoms with Gasteiger partial charge >= 0.3 is 0 Å². The van der Waals surface area contributed by atoms with Crippen LogP contribution in [0.15, 0.2) is 18.2 Å². The van der Waals surface area contributed by atoms with Crippen molar-refractivity contribution in [3.63, 3.8) is 0 Å². The number of rotatable bonds is 2. The number of piperidine rings is 1. The molecule has 1 fully saturated rings. The van der Waals surface area contributed by atoms with Crippen molar-refractivity contribution in [1.29, 1.82) is 0 Å². The summed E-state index contributed by atoms with van der Waals surface area (Å²) in [5.74, 6) is -0.540. The summed E-state index contributed by atoms with van der Waals surface area (Å²) in [4.78, 5) is 22.5. The molecule has 0 spiro atoms. The Bertz CT molecular complexity index is 473. The van der Waals surface area contributed by atoms with E-state index in [2.05, 4.69) is 10.6 Å². The summed E-state index contributed by atoms with van der Waals surface area (Å²) in [7, 11) is 0. The molecular weight excluding hydrogens is 220 g/mol. The highest BCUT2D eigenvalue weighted by Gasteiger charge is 2.26. The molecule has 1 unspecified atom stereocenters. The first kappa shape index (κ1) is 11.3. The lowest BCUT2D eigenvalue weighted by Gasteiger charge is -2.23. The van der Waals surface area contributed by atoms with Crippen molar-refractivity contribution in [3.05, 3.63) is 18.2 Å². The average molecular weight is 234 g/mol. The highest BCUT2D eigenvalue weighted by molar-refractivity contribution is 6.01. The van der Waals surface area contributed by atoms with Gasteiger partial charge < -0.3 is 16.8 Å². The van der Waals surface area contributed by atoms with Crippen LogP contribution in [-0.4, -0.2) is 17.9 Å². The van der Waals surface area contributed by atoms with E-state index in [-0.39, 0.29) is 11.8 Å². The molecule has 6 heteroatoms. The maximum absolute atomic E-state index is 11.5. The second-order valence-corrected chi connectivity index (χ2v) is 3.99. The summed E-state index contributed by atoms with van der Waals surface area (Å²) in [6.07, 6.45) is 0.822. The van der Waals surface area contributed by atoms with Gasteiger partial charge in [-0.1, -0.05) is 0 Å². The topological polar surface area (TPSA) is 110 Å². The highest BCUT2D eigenvalue weighted by atomic mass is 16.2. The molecule has 1 heterocycles. The van der Waals surface area contributed by atoms with Gasteiger partial charge in [0.1, 0.15) is 6.04 Å². The van der Waals surface area contributed by atoms with Gasteiger partial charge in [-0.25, -0.2) is 0 Å². The summed E-state index contributed by atoms with van der Waals surface area (Å²) in [5.41, 5.74) is 12.9. The standard InChI is InChI=1S/C11H14N4O2/c12-7-2-1-6(5-8(7)13)14-9-3-4-10(16)15-11(9)17/h1-2,5,9,14H,3-4,12-13H2,(H,15,16,17). The van der Waals surface area contributed by atoms with Crippen molar-refractivity contribution in [3.8, 4) is 0 Å². The van der Waals surface area contributed by atoms with Gasteiger partial charge in [0.2, 0.25) is 11.8 Å². The second kappa shape index (κ2) is 4.32. The molecule has 1 atom stereocenters. The molecule has 1 aromatic carbocycles. The lowest BCUT2D eigenvalue weighted by Crippen LogP contribution is -2.47. The van der Waals surface area contributed by atoms with Crippen LogP contribution in [0.3, 0.4) is 0 Å². The van der Waals surface area contributed by atoms with Crippen molar-refractivity contribution in [2.24, 2.45) is 0 Å². The Morgan fingerprint density at radius 2 is 2.00 bits per heavy atom. The number of nitrogens with two attached hydrogens (primary N) is 2. The summed E-state index contributed by atoms with van der Waals surface area (Å²) < 4.78 is 0. The molecule has 1 saturated heterocycles. The van der Waals surface area contributed by atoms with Crippen molar-refractivity contribution in [1.82, 2.24) is 5.32 Å². The van der Waals surface area contributed by atoms with Crippen LogP contribution in [0.2, 0.25) is 0 Å². The Morgan fingerprint density at radius 1 is 1.24 bits per heavy atom. The van der Waals surface area contributed by atoms with E-state index < -0.39 is 6.04 Å². The van der Waals surface area contributed by atoms with Crippen LogP contribution >= 0.6 is 0 Å². The van der Waals surface area contributed by atoms with Crippen molar-refractivity contribution in [2.45, 2.75) is 18.9 Å². The molecule has 1 aliphatic rings. The Kier molecular flexibility index (Phi) is 2.86. The van der Waals surface area contributed by atoms with Crippen LogP contribution in [-0.2, 0) is 9.59 Å². The molecule has 2 rings (SSSR count). The zero-order valence-corrected chi connectivity index (χ0v) is 9.19. The average Bonchev–Trinajstić information content (AvgIpc) is 2.27. The molecule has 0 bridgehead atoms. The van der Waals surface area contributed by atoms with E-state index >= 15 is 0 Å². The molecule has 90 valence electrons. The Labute approximate surface area is 98.4 Å². The quantitative estimate of drug-likeness (QED) is 0.427. The fourth-order valence-electron chi connectivity index (χ4n) is 1.70. The predicted octanol–water partition coefficient (Wildman–Crippen LogP) is 0.0681. The van der Waals surface area contributed by atoms with Gasteiger partial charge in [-0.3, -0.25) is 14.9 Å². The lowest BCUT2D eigenvalue weighted by atomic mass is 10.1. The number of hydrogen-bond acceptors (Lipinski definition) is 5. The third kappa shape index (κ3) is 2.47. The largest absolute Gasteiger partial charge is 0.397 e. The van der Waals surface area contributed by atoms with Gasteiger partial charge in [-0.2, -0.15) is 0 Å². The van der Waals surface area contributed by atoms with Gasteiger partial charge in [0.05, 0.1) is 11.4 Å². The smallest absolute Gasteiger partial charge is 0.249 e. The monoisotopic (exact) mass is 234 g/mol. The lowest BCUT2D eigenvalue weighted by molar-refractivity contribution is -0.133. The highest BCUT2D eigenvalue weighted by Crippen LogP contribution is 2.21. The van der Waals surface area contributed by atoms with Gasteiger partial charge in [0, 0.05) is 12.1 Å². The van der Waals surface area contributed by atoms with E-state index in [0.717, 1.165) is 0 Å².